The highest BCUT2D eigenvalue weighted by molar-refractivity contribution is 5.91. The Bertz CT molecular complexity index is 622. The molecule has 0 aliphatic heterocycles. The summed E-state index contributed by atoms with van der Waals surface area (Å²) in [5.74, 6) is 0.398. The predicted octanol–water partition coefficient (Wildman–Crippen LogP) is 3.46. The Balaban J connectivity index is 1.86. The van der Waals surface area contributed by atoms with Crippen LogP contribution in [0.5, 0.6) is 5.75 Å². The van der Waals surface area contributed by atoms with Gasteiger partial charge in [-0.2, -0.15) is 0 Å². The number of aliphatic hydroxyl groups is 1. The Morgan fingerprint density at radius 1 is 1.23 bits per heavy atom. The third-order valence-corrected chi connectivity index (χ3v) is 3.32. The topological polar surface area (TPSA) is 58.6 Å². The zero-order valence-corrected chi connectivity index (χ0v) is 12.9. The Morgan fingerprint density at radius 2 is 1.95 bits per heavy atom. The molecule has 1 atom stereocenters. The van der Waals surface area contributed by atoms with Crippen LogP contribution in [0.2, 0.25) is 0 Å². The summed E-state index contributed by atoms with van der Waals surface area (Å²) in [6.07, 6.45) is 0.206. The molecule has 2 aromatic carbocycles. The number of hydrogen-bond acceptors (Lipinski definition) is 3. The molecule has 22 heavy (non-hydrogen) atoms. The van der Waals surface area contributed by atoms with Gasteiger partial charge in [0.1, 0.15) is 5.75 Å². The summed E-state index contributed by atoms with van der Waals surface area (Å²) in [6.45, 7) is 3.84. The second-order valence-electron chi connectivity index (χ2n) is 5.20. The highest BCUT2D eigenvalue weighted by Crippen LogP contribution is 2.19. The molecule has 4 heteroatoms. The molecule has 0 heterocycles. The number of rotatable bonds is 6. The maximum absolute atomic E-state index is 11.8. The Hall–Kier alpha value is -2.33. The van der Waals surface area contributed by atoms with Crippen molar-refractivity contribution in [3.8, 4) is 5.75 Å². The van der Waals surface area contributed by atoms with Crippen LogP contribution in [0.4, 0.5) is 5.69 Å². The molecule has 0 saturated carbocycles. The van der Waals surface area contributed by atoms with Gasteiger partial charge in [-0.3, -0.25) is 4.79 Å². The fraction of sp³-hybridized carbons (Fsp3) is 0.278. The van der Waals surface area contributed by atoms with Gasteiger partial charge in [0.05, 0.1) is 6.10 Å². The van der Waals surface area contributed by atoms with Crippen molar-refractivity contribution in [1.82, 2.24) is 0 Å². The van der Waals surface area contributed by atoms with Crippen molar-refractivity contribution in [2.75, 3.05) is 11.9 Å². The lowest BCUT2D eigenvalue weighted by molar-refractivity contribution is -0.118. The summed E-state index contributed by atoms with van der Waals surface area (Å²) in [5, 5.41) is 12.5. The molecule has 0 aliphatic rings. The van der Waals surface area contributed by atoms with E-state index in [-0.39, 0.29) is 12.5 Å². The third-order valence-electron chi connectivity index (χ3n) is 3.32. The lowest BCUT2D eigenvalue weighted by Crippen LogP contribution is -2.20. The number of nitrogens with one attached hydrogen (secondary N) is 1. The van der Waals surface area contributed by atoms with Crippen LogP contribution in [-0.4, -0.2) is 17.6 Å². The van der Waals surface area contributed by atoms with Crippen LogP contribution >= 0.6 is 0 Å². The molecule has 1 unspecified atom stereocenters. The van der Waals surface area contributed by atoms with E-state index in [4.69, 9.17) is 4.74 Å². The van der Waals surface area contributed by atoms with Gasteiger partial charge in [0, 0.05) is 5.69 Å². The van der Waals surface area contributed by atoms with Gasteiger partial charge in [0.15, 0.2) is 6.61 Å². The summed E-state index contributed by atoms with van der Waals surface area (Å²) >= 11 is 0. The number of ether oxygens (including phenoxy) is 1. The van der Waals surface area contributed by atoms with Gasteiger partial charge in [-0.15, -0.1) is 0 Å². The van der Waals surface area contributed by atoms with E-state index in [1.54, 1.807) is 12.1 Å². The van der Waals surface area contributed by atoms with Crippen molar-refractivity contribution in [1.29, 1.82) is 0 Å². The van der Waals surface area contributed by atoms with Crippen LogP contribution in [0, 0.1) is 6.92 Å². The first-order valence-corrected chi connectivity index (χ1v) is 7.36. The number of carbonyl (C=O) groups excluding carboxylic acids is 1. The number of amides is 1. The number of aryl methyl sites for hydroxylation is 1. The Kier molecular flexibility index (Phi) is 5.55. The van der Waals surface area contributed by atoms with Crippen LogP contribution in [0.15, 0.2) is 48.5 Å². The van der Waals surface area contributed by atoms with E-state index in [0.717, 1.165) is 16.8 Å². The second kappa shape index (κ2) is 7.61. The minimum absolute atomic E-state index is 0.0520. The van der Waals surface area contributed by atoms with E-state index in [1.807, 2.05) is 50.2 Å². The smallest absolute Gasteiger partial charge is 0.262 e. The highest BCUT2D eigenvalue weighted by atomic mass is 16.5. The number of anilines is 1. The number of benzene rings is 2. The maximum atomic E-state index is 11.8. The second-order valence-corrected chi connectivity index (χ2v) is 5.20. The van der Waals surface area contributed by atoms with Gasteiger partial charge in [-0.1, -0.05) is 31.2 Å². The molecule has 2 N–H and O–H groups in total. The van der Waals surface area contributed by atoms with Gasteiger partial charge in [0.25, 0.3) is 5.91 Å². The van der Waals surface area contributed by atoms with Gasteiger partial charge >= 0.3 is 0 Å². The first-order chi connectivity index (χ1) is 10.6. The van der Waals surface area contributed by atoms with Crippen molar-refractivity contribution in [3.63, 3.8) is 0 Å². The predicted molar refractivity (Wildman–Crippen MR) is 87.0 cm³/mol. The van der Waals surface area contributed by atoms with Crippen LogP contribution in [0.3, 0.4) is 0 Å². The molecule has 116 valence electrons. The fourth-order valence-corrected chi connectivity index (χ4v) is 2.09. The average Bonchev–Trinajstić information content (AvgIpc) is 2.52. The monoisotopic (exact) mass is 299 g/mol. The molecule has 0 aromatic heterocycles. The average molecular weight is 299 g/mol. The molecule has 0 radical (unpaired) electrons. The maximum Gasteiger partial charge on any atom is 0.262 e. The first kappa shape index (κ1) is 16.0. The molecular weight excluding hydrogens is 278 g/mol. The normalized spacial score (nSPS) is 11.8. The van der Waals surface area contributed by atoms with Gasteiger partial charge < -0.3 is 15.2 Å². The molecule has 2 rings (SSSR count). The molecule has 1 amide bonds. The molecule has 0 saturated heterocycles. The van der Waals surface area contributed by atoms with Crippen LogP contribution < -0.4 is 10.1 Å². The molecule has 0 fully saturated rings. The van der Waals surface area contributed by atoms with E-state index in [1.165, 1.54) is 0 Å². The molecule has 4 nitrogen and oxygen atoms in total. The minimum Gasteiger partial charge on any atom is -0.484 e. The summed E-state index contributed by atoms with van der Waals surface area (Å²) in [6, 6.07) is 14.7. The Morgan fingerprint density at radius 3 is 2.59 bits per heavy atom. The molecular formula is C18H21NO3. The SMILES string of the molecule is CCC(O)c1ccc(OCC(=O)Nc2cccc(C)c2)cc1. The van der Waals surface area contributed by atoms with Crippen LogP contribution in [0.1, 0.15) is 30.6 Å². The Labute approximate surface area is 130 Å². The van der Waals surface area contributed by atoms with Crippen molar-refractivity contribution >= 4 is 11.6 Å². The number of aliphatic hydroxyl groups excluding tert-OH is 1. The lowest BCUT2D eigenvalue weighted by Gasteiger charge is -2.10. The molecule has 0 aliphatic carbocycles. The van der Waals surface area contributed by atoms with E-state index < -0.39 is 6.10 Å². The third kappa shape index (κ3) is 4.60. The van der Waals surface area contributed by atoms with Crippen molar-refractivity contribution in [2.24, 2.45) is 0 Å². The van der Waals surface area contributed by atoms with Crippen LogP contribution in [0.25, 0.3) is 0 Å². The van der Waals surface area contributed by atoms with Crippen LogP contribution in [-0.2, 0) is 4.79 Å². The largest absolute Gasteiger partial charge is 0.484 e. The summed E-state index contributed by atoms with van der Waals surface area (Å²) in [5.41, 5.74) is 2.69. The standard InChI is InChI=1S/C18H21NO3/c1-3-17(20)14-7-9-16(10-8-14)22-12-18(21)19-15-6-4-5-13(2)11-15/h4-11,17,20H,3,12H2,1-2H3,(H,19,21). The fourth-order valence-electron chi connectivity index (χ4n) is 2.09. The lowest BCUT2D eigenvalue weighted by atomic mass is 10.1. The van der Waals surface area contributed by atoms with Gasteiger partial charge in [-0.25, -0.2) is 0 Å². The zero-order chi connectivity index (χ0) is 15.9. The molecule has 0 spiro atoms. The molecule has 2 aromatic rings. The molecule has 0 bridgehead atoms. The summed E-state index contributed by atoms with van der Waals surface area (Å²) in [7, 11) is 0. The summed E-state index contributed by atoms with van der Waals surface area (Å²) in [4.78, 5) is 11.8. The highest BCUT2D eigenvalue weighted by Gasteiger charge is 2.06. The van der Waals surface area contributed by atoms with Crippen molar-refractivity contribution in [2.45, 2.75) is 26.4 Å². The van der Waals surface area contributed by atoms with E-state index in [0.29, 0.717) is 12.2 Å². The number of hydrogen-bond donors (Lipinski definition) is 2. The van der Waals surface area contributed by atoms with E-state index >= 15 is 0 Å². The first-order valence-electron chi connectivity index (χ1n) is 7.36. The van der Waals surface area contributed by atoms with Gasteiger partial charge in [0.2, 0.25) is 0 Å². The van der Waals surface area contributed by atoms with E-state index in [2.05, 4.69) is 5.32 Å². The minimum atomic E-state index is -0.460. The van der Waals surface area contributed by atoms with Gasteiger partial charge in [-0.05, 0) is 48.7 Å². The van der Waals surface area contributed by atoms with E-state index in [9.17, 15) is 9.90 Å². The zero-order valence-electron chi connectivity index (χ0n) is 12.9. The van der Waals surface area contributed by atoms with Crippen molar-refractivity contribution in [3.05, 3.63) is 59.7 Å². The quantitative estimate of drug-likeness (QED) is 0.859. The number of carbonyl (C=O) groups is 1. The van der Waals surface area contributed by atoms with Crippen molar-refractivity contribution < 1.29 is 14.6 Å². The summed E-state index contributed by atoms with van der Waals surface area (Å²) < 4.78 is 5.44.